The van der Waals surface area contributed by atoms with Gasteiger partial charge in [0, 0.05) is 26.2 Å². The lowest BCUT2D eigenvalue weighted by molar-refractivity contribution is -0.873. The monoisotopic (exact) mass is 352 g/mol. The van der Waals surface area contributed by atoms with Gasteiger partial charge in [-0.15, -0.1) is 11.6 Å². The van der Waals surface area contributed by atoms with Crippen molar-refractivity contribution in [1.29, 1.82) is 0 Å². The Kier molecular flexibility index (Phi) is 6.70. The average Bonchev–Trinajstić information content (AvgIpc) is 2.52. The number of rotatable bonds is 6. The van der Waals surface area contributed by atoms with E-state index >= 15 is 0 Å². The molecule has 1 heterocycles. The number of quaternary nitrogens is 1. The van der Waals surface area contributed by atoms with E-state index in [4.69, 9.17) is 11.6 Å². The van der Waals surface area contributed by atoms with Crippen LogP contribution in [0, 0.1) is 6.92 Å². The number of aliphatic hydroxyl groups excluding tert-OH is 1. The number of halogens is 1. The maximum absolute atomic E-state index is 10.3. The molecule has 1 aliphatic heterocycles. The SMILES string of the molecule is Cc1ccc(C=CN2CCN(C(Cl)C(O)C[N+](C)(C)C)CC2)cc1. The highest BCUT2D eigenvalue weighted by molar-refractivity contribution is 6.20. The Labute approximate surface area is 151 Å². The lowest BCUT2D eigenvalue weighted by Gasteiger charge is -2.39. The maximum atomic E-state index is 10.3. The molecule has 1 N–H and O–H groups in total. The van der Waals surface area contributed by atoms with Crippen LogP contribution < -0.4 is 0 Å². The van der Waals surface area contributed by atoms with Crippen LogP contribution in [0.2, 0.25) is 0 Å². The molecule has 1 aromatic rings. The van der Waals surface area contributed by atoms with Crippen molar-refractivity contribution in [3.8, 4) is 0 Å². The van der Waals surface area contributed by atoms with Crippen LogP contribution in [0.1, 0.15) is 11.1 Å². The number of likely N-dealkylation sites (N-methyl/N-ethyl adjacent to an activating group) is 1. The Morgan fingerprint density at radius 3 is 2.25 bits per heavy atom. The van der Waals surface area contributed by atoms with Crippen molar-refractivity contribution in [2.24, 2.45) is 0 Å². The Balaban J connectivity index is 1.81. The zero-order chi connectivity index (χ0) is 17.7. The third-order valence-corrected chi connectivity index (χ3v) is 4.87. The van der Waals surface area contributed by atoms with E-state index in [1.807, 2.05) is 0 Å². The fourth-order valence-electron chi connectivity index (χ4n) is 2.89. The second-order valence-electron chi connectivity index (χ2n) is 7.71. The van der Waals surface area contributed by atoms with Crippen molar-refractivity contribution in [3.05, 3.63) is 41.6 Å². The van der Waals surface area contributed by atoms with Crippen LogP contribution >= 0.6 is 11.6 Å². The third-order valence-electron chi connectivity index (χ3n) is 4.31. The van der Waals surface area contributed by atoms with Crippen LogP contribution in [0.15, 0.2) is 30.5 Å². The maximum Gasteiger partial charge on any atom is 0.132 e. The van der Waals surface area contributed by atoms with Gasteiger partial charge in [-0.3, -0.25) is 4.90 Å². The number of aryl methyl sites for hydroxylation is 1. The first kappa shape index (κ1) is 19.3. The number of hydrogen-bond donors (Lipinski definition) is 1. The molecule has 0 aromatic heterocycles. The molecule has 0 radical (unpaired) electrons. The summed E-state index contributed by atoms with van der Waals surface area (Å²) in [4.78, 5) is 4.49. The molecule has 24 heavy (non-hydrogen) atoms. The minimum atomic E-state index is -0.513. The van der Waals surface area contributed by atoms with Crippen LogP contribution in [-0.4, -0.2) is 84.9 Å². The van der Waals surface area contributed by atoms with Crippen molar-refractivity contribution in [1.82, 2.24) is 9.80 Å². The van der Waals surface area contributed by atoms with Crippen molar-refractivity contribution in [2.75, 3.05) is 53.9 Å². The molecule has 1 saturated heterocycles. The Hall–Kier alpha value is -1.07. The molecule has 134 valence electrons. The lowest BCUT2D eigenvalue weighted by Crippen LogP contribution is -2.54. The molecule has 0 aliphatic carbocycles. The van der Waals surface area contributed by atoms with E-state index in [-0.39, 0.29) is 5.50 Å². The number of piperazine rings is 1. The van der Waals surface area contributed by atoms with Gasteiger partial charge in [0.1, 0.15) is 18.1 Å². The Morgan fingerprint density at radius 1 is 1.12 bits per heavy atom. The van der Waals surface area contributed by atoms with Gasteiger partial charge in [-0.25, -0.2) is 0 Å². The summed E-state index contributed by atoms with van der Waals surface area (Å²) in [5, 5.41) is 10.3. The highest BCUT2D eigenvalue weighted by Gasteiger charge is 2.30. The molecule has 4 nitrogen and oxygen atoms in total. The minimum Gasteiger partial charge on any atom is -0.384 e. The van der Waals surface area contributed by atoms with Gasteiger partial charge in [0.05, 0.1) is 21.1 Å². The molecule has 1 fully saturated rings. The van der Waals surface area contributed by atoms with Gasteiger partial charge in [0.25, 0.3) is 0 Å². The first-order valence-electron chi connectivity index (χ1n) is 8.60. The number of nitrogens with zero attached hydrogens (tertiary/aromatic N) is 3. The molecule has 2 unspecified atom stereocenters. The molecule has 1 aromatic carbocycles. The Morgan fingerprint density at radius 2 is 1.71 bits per heavy atom. The molecule has 2 atom stereocenters. The largest absolute Gasteiger partial charge is 0.384 e. The zero-order valence-electron chi connectivity index (χ0n) is 15.3. The fraction of sp³-hybridized carbons (Fsp3) is 0.579. The number of alkyl halides is 1. The first-order chi connectivity index (χ1) is 11.2. The molecule has 0 amide bonds. The molecule has 5 heteroatoms. The van der Waals surface area contributed by atoms with E-state index in [1.165, 1.54) is 11.1 Å². The molecule has 0 bridgehead atoms. The summed E-state index contributed by atoms with van der Waals surface area (Å²) in [5.41, 5.74) is 2.18. The van der Waals surface area contributed by atoms with Crippen LogP contribution in [-0.2, 0) is 0 Å². The van der Waals surface area contributed by atoms with E-state index in [1.54, 1.807) is 0 Å². The van der Waals surface area contributed by atoms with Crippen LogP contribution in [0.4, 0.5) is 0 Å². The summed E-state index contributed by atoms with van der Waals surface area (Å²) in [6.45, 7) is 6.37. The van der Waals surface area contributed by atoms with E-state index in [0.717, 1.165) is 26.2 Å². The third kappa shape index (κ3) is 6.10. The van der Waals surface area contributed by atoms with E-state index in [0.29, 0.717) is 11.0 Å². The molecular formula is C19H31ClN3O+. The molecule has 2 rings (SSSR count). The lowest BCUT2D eigenvalue weighted by atomic mass is 10.1. The standard InChI is InChI=1S/C19H31ClN3O/c1-16-5-7-17(8-6-16)9-10-21-11-13-22(14-12-21)19(20)18(24)15-23(2,3)4/h5-10,18-19,24H,11-15H2,1-4H3/q+1. The first-order valence-corrected chi connectivity index (χ1v) is 9.04. The number of aliphatic hydroxyl groups is 1. The quantitative estimate of drug-likeness (QED) is 0.483. The summed E-state index contributed by atoms with van der Waals surface area (Å²) >= 11 is 6.48. The van der Waals surface area contributed by atoms with Crippen molar-refractivity contribution >= 4 is 17.7 Å². The van der Waals surface area contributed by atoms with Crippen LogP contribution in [0.25, 0.3) is 6.08 Å². The van der Waals surface area contributed by atoms with Crippen molar-refractivity contribution < 1.29 is 9.59 Å². The molecule has 0 saturated carbocycles. The Bertz CT molecular complexity index is 531. The van der Waals surface area contributed by atoms with Crippen molar-refractivity contribution in [3.63, 3.8) is 0 Å². The number of benzene rings is 1. The second-order valence-corrected chi connectivity index (χ2v) is 8.16. The minimum absolute atomic E-state index is 0.314. The molecule has 1 aliphatic rings. The highest BCUT2D eigenvalue weighted by Crippen LogP contribution is 2.16. The smallest absolute Gasteiger partial charge is 0.132 e. The number of hydrogen-bond acceptors (Lipinski definition) is 3. The normalized spacial score (nSPS) is 19.7. The zero-order valence-corrected chi connectivity index (χ0v) is 16.1. The topological polar surface area (TPSA) is 26.7 Å². The molecular weight excluding hydrogens is 322 g/mol. The molecule has 0 spiro atoms. The van der Waals surface area contributed by atoms with Gasteiger partial charge in [0.15, 0.2) is 0 Å². The predicted octanol–water partition coefficient (Wildman–Crippen LogP) is 2.22. The highest BCUT2D eigenvalue weighted by atomic mass is 35.5. The van der Waals surface area contributed by atoms with Gasteiger partial charge in [-0.05, 0) is 24.8 Å². The van der Waals surface area contributed by atoms with Gasteiger partial charge >= 0.3 is 0 Å². The van der Waals surface area contributed by atoms with E-state index in [9.17, 15) is 5.11 Å². The van der Waals surface area contributed by atoms with Gasteiger partial charge in [0.2, 0.25) is 0 Å². The fourth-order valence-corrected chi connectivity index (χ4v) is 3.17. The summed E-state index contributed by atoms with van der Waals surface area (Å²) in [6, 6.07) is 8.53. The van der Waals surface area contributed by atoms with Gasteiger partial charge < -0.3 is 14.5 Å². The summed E-state index contributed by atoms with van der Waals surface area (Å²) in [7, 11) is 6.21. The summed E-state index contributed by atoms with van der Waals surface area (Å²) in [5.74, 6) is 0. The van der Waals surface area contributed by atoms with Crippen LogP contribution in [0.5, 0.6) is 0 Å². The average molecular weight is 353 g/mol. The predicted molar refractivity (Wildman–Crippen MR) is 102 cm³/mol. The second kappa shape index (κ2) is 8.34. The van der Waals surface area contributed by atoms with E-state index < -0.39 is 6.10 Å². The van der Waals surface area contributed by atoms with E-state index in [2.05, 4.69) is 74.4 Å². The van der Waals surface area contributed by atoms with Crippen molar-refractivity contribution in [2.45, 2.75) is 18.5 Å². The van der Waals surface area contributed by atoms with Gasteiger partial charge in [-0.2, -0.15) is 0 Å². The van der Waals surface area contributed by atoms with Crippen LogP contribution in [0.3, 0.4) is 0 Å². The summed E-state index contributed by atoms with van der Waals surface area (Å²) < 4.78 is 0.712. The summed E-state index contributed by atoms with van der Waals surface area (Å²) in [6.07, 6.45) is 3.80. The van der Waals surface area contributed by atoms with Gasteiger partial charge in [-0.1, -0.05) is 29.8 Å².